The smallest absolute Gasteiger partial charge is 0.0426 e. The molecule has 15 heavy (non-hydrogen) atoms. The number of fused-ring (bicyclic) bond motifs is 1. The second-order valence-electron chi connectivity index (χ2n) is 4.80. The molecule has 1 atom stereocenters. The minimum atomic E-state index is 0.668. The van der Waals surface area contributed by atoms with Crippen molar-refractivity contribution < 1.29 is 0 Å². The van der Waals surface area contributed by atoms with Crippen molar-refractivity contribution in [2.75, 3.05) is 5.32 Å². The molecule has 0 bridgehead atoms. The average molecular weight is 222 g/mol. The van der Waals surface area contributed by atoms with Crippen molar-refractivity contribution >= 4 is 17.3 Å². The van der Waals surface area contributed by atoms with Crippen LogP contribution in [0.5, 0.6) is 0 Å². The molecule has 2 aliphatic rings. The van der Waals surface area contributed by atoms with Gasteiger partial charge in [0.25, 0.3) is 0 Å². The number of anilines is 1. The minimum absolute atomic E-state index is 0.668. The summed E-state index contributed by atoms with van der Waals surface area (Å²) in [5, 5.41) is 4.47. The van der Waals surface area contributed by atoms with Crippen molar-refractivity contribution in [1.29, 1.82) is 0 Å². The van der Waals surface area contributed by atoms with Crippen LogP contribution < -0.4 is 5.32 Å². The third-order valence-electron chi connectivity index (χ3n) is 3.82. The van der Waals surface area contributed by atoms with Crippen molar-refractivity contribution in [2.45, 2.75) is 38.1 Å². The zero-order valence-corrected chi connectivity index (χ0v) is 9.56. The molecular weight excluding hydrogens is 206 g/mol. The molecule has 0 radical (unpaired) electrons. The highest BCUT2D eigenvalue weighted by Gasteiger charge is 2.29. The standard InChI is InChI=1S/C13H16ClN/c14-11-6-5-10-7-12(15-13(10)8-11)9-3-1-2-4-9/h5-6,8-9,12,15H,1-4,7H2. The Balaban J connectivity index is 1.79. The molecule has 1 aromatic carbocycles. The summed E-state index contributed by atoms with van der Waals surface area (Å²) in [6.45, 7) is 0. The number of hydrogen-bond donors (Lipinski definition) is 1. The first-order valence-corrected chi connectivity index (χ1v) is 6.26. The summed E-state index contributed by atoms with van der Waals surface area (Å²) in [7, 11) is 0. The molecule has 1 fully saturated rings. The Morgan fingerprint density at radius 1 is 1.20 bits per heavy atom. The van der Waals surface area contributed by atoms with Gasteiger partial charge in [0, 0.05) is 16.8 Å². The Labute approximate surface area is 95.8 Å². The van der Waals surface area contributed by atoms with E-state index in [1.54, 1.807) is 0 Å². The molecule has 1 N–H and O–H groups in total. The molecule has 1 nitrogen and oxygen atoms in total. The number of rotatable bonds is 1. The lowest BCUT2D eigenvalue weighted by Gasteiger charge is -2.18. The summed E-state index contributed by atoms with van der Waals surface area (Å²) in [4.78, 5) is 0. The fraction of sp³-hybridized carbons (Fsp3) is 0.538. The van der Waals surface area contributed by atoms with Gasteiger partial charge in [-0.1, -0.05) is 30.5 Å². The lowest BCUT2D eigenvalue weighted by Crippen LogP contribution is -2.24. The molecule has 1 saturated carbocycles. The molecule has 0 spiro atoms. The van der Waals surface area contributed by atoms with E-state index in [0.717, 1.165) is 10.9 Å². The van der Waals surface area contributed by atoms with E-state index in [1.165, 1.54) is 43.4 Å². The predicted molar refractivity (Wildman–Crippen MR) is 64.5 cm³/mol. The fourth-order valence-electron chi connectivity index (χ4n) is 2.99. The van der Waals surface area contributed by atoms with Crippen molar-refractivity contribution in [3.63, 3.8) is 0 Å². The van der Waals surface area contributed by atoms with Gasteiger partial charge in [-0.3, -0.25) is 0 Å². The number of nitrogens with one attached hydrogen (secondary N) is 1. The van der Waals surface area contributed by atoms with E-state index in [0.29, 0.717) is 6.04 Å². The number of hydrogen-bond acceptors (Lipinski definition) is 1. The fourth-order valence-corrected chi connectivity index (χ4v) is 3.17. The number of benzene rings is 1. The predicted octanol–water partition coefficient (Wildman–Crippen LogP) is 3.87. The normalized spacial score (nSPS) is 25.3. The van der Waals surface area contributed by atoms with Crippen LogP contribution in [0.25, 0.3) is 0 Å². The Bertz CT molecular complexity index is 369. The van der Waals surface area contributed by atoms with Crippen LogP contribution in [0.1, 0.15) is 31.2 Å². The average Bonchev–Trinajstić information content (AvgIpc) is 2.84. The number of halogens is 1. The molecule has 0 amide bonds. The molecular formula is C13H16ClN. The van der Waals surface area contributed by atoms with Crippen LogP contribution in [0.4, 0.5) is 5.69 Å². The van der Waals surface area contributed by atoms with Gasteiger partial charge in [-0.15, -0.1) is 0 Å². The van der Waals surface area contributed by atoms with Crippen molar-refractivity contribution in [3.05, 3.63) is 28.8 Å². The van der Waals surface area contributed by atoms with Crippen LogP contribution in [0.2, 0.25) is 5.02 Å². The topological polar surface area (TPSA) is 12.0 Å². The van der Waals surface area contributed by atoms with Crippen molar-refractivity contribution in [3.8, 4) is 0 Å². The van der Waals surface area contributed by atoms with Gasteiger partial charge in [-0.2, -0.15) is 0 Å². The maximum absolute atomic E-state index is 5.99. The Morgan fingerprint density at radius 2 is 2.00 bits per heavy atom. The summed E-state index contributed by atoms with van der Waals surface area (Å²) in [5.74, 6) is 0.885. The van der Waals surface area contributed by atoms with Crippen molar-refractivity contribution in [1.82, 2.24) is 0 Å². The van der Waals surface area contributed by atoms with E-state index in [2.05, 4.69) is 17.4 Å². The summed E-state index contributed by atoms with van der Waals surface area (Å²) in [5.41, 5.74) is 2.70. The first-order chi connectivity index (χ1) is 7.33. The largest absolute Gasteiger partial charge is 0.381 e. The van der Waals surface area contributed by atoms with Crippen LogP contribution in [0, 0.1) is 5.92 Å². The zero-order valence-electron chi connectivity index (χ0n) is 8.80. The van der Waals surface area contributed by atoms with Crippen LogP contribution in [-0.4, -0.2) is 6.04 Å². The van der Waals surface area contributed by atoms with Gasteiger partial charge >= 0.3 is 0 Å². The van der Waals surface area contributed by atoms with Crippen LogP contribution in [0.15, 0.2) is 18.2 Å². The van der Waals surface area contributed by atoms with Gasteiger partial charge < -0.3 is 5.32 Å². The Morgan fingerprint density at radius 3 is 2.80 bits per heavy atom. The van der Waals surface area contributed by atoms with E-state index in [1.807, 2.05) is 6.07 Å². The van der Waals surface area contributed by atoms with E-state index in [-0.39, 0.29) is 0 Å². The quantitative estimate of drug-likeness (QED) is 0.759. The van der Waals surface area contributed by atoms with Gasteiger partial charge in [0.15, 0.2) is 0 Å². The highest BCUT2D eigenvalue weighted by atomic mass is 35.5. The van der Waals surface area contributed by atoms with E-state index < -0.39 is 0 Å². The molecule has 1 aliphatic heterocycles. The SMILES string of the molecule is Clc1ccc2c(c1)NC(C1CCCC1)C2. The summed E-state index contributed by atoms with van der Waals surface area (Å²) < 4.78 is 0. The molecule has 1 heterocycles. The molecule has 1 aliphatic carbocycles. The lowest BCUT2D eigenvalue weighted by atomic mass is 9.95. The van der Waals surface area contributed by atoms with Gasteiger partial charge in [0.05, 0.1) is 0 Å². The third-order valence-corrected chi connectivity index (χ3v) is 4.06. The maximum Gasteiger partial charge on any atom is 0.0426 e. The Kier molecular flexibility index (Phi) is 2.36. The van der Waals surface area contributed by atoms with E-state index >= 15 is 0 Å². The van der Waals surface area contributed by atoms with E-state index in [4.69, 9.17) is 11.6 Å². The maximum atomic E-state index is 5.99. The van der Waals surface area contributed by atoms with Gasteiger partial charge in [-0.25, -0.2) is 0 Å². The molecule has 0 aromatic heterocycles. The van der Waals surface area contributed by atoms with Gasteiger partial charge in [0.2, 0.25) is 0 Å². The highest BCUT2D eigenvalue weighted by molar-refractivity contribution is 6.30. The Hall–Kier alpha value is -0.690. The molecule has 1 aromatic rings. The molecule has 0 saturated heterocycles. The summed E-state index contributed by atoms with van der Waals surface area (Å²) in [6.07, 6.45) is 6.83. The summed E-state index contributed by atoms with van der Waals surface area (Å²) in [6, 6.07) is 6.89. The van der Waals surface area contributed by atoms with Crippen LogP contribution in [-0.2, 0) is 6.42 Å². The molecule has 3 rings (SSSR count). The summed E-state index contributed by atoms with van der Waals surface area (Å²) >= 11 is 5.99. The van der Waals surface area contributed by atoms with Gasteiger partial charge in [-0.05, 0) is 42.9 Å². The molecule has 1 unspecified atom stereocenters. The third kappa shape index (κ3) is 1.74. The highest BCUT2D eigenvalue weighted by Crippen LogP contribution is 2.37. The monoisotopic (exact) mass is 221 g/mol. The van der Waals surface area contributed by atoms with E-state index in [9.17, 15) is 0 Å². The van der Waals surface area contributed by atoms with Crippen molar-refractivity contribution in [2.24, 2.45) is 5.92 Å². The zero-order chi connectivity index (χ0) is 10.3. The second-order valence-corrected chi connectivity index (χ2v) is 5.24. The van der Waals surface area contributed by atoms with Gasteiger partial charge in [0.1, 0.15) is 0 Å². The van der Waals surface area contributed by atoms with Crippen LogP contribution in [0.3, 0.4) is 0 Å². The molecule has 80 valence electrons. The molecule has 2 heteroatoms. The first-order valence-electron chi connectivity index (χ1n) is 5.88. The second kappa shape index (κ2) is 3.71. The first kappa shape index (κ1) is 9.53. The lowest BCUT2D eigenvalue weighted by molar-refractivity contribution is 0.466. The minimum Gasteiger partial charge on any atom is -0.381 e. The van der Waals surface area contributed by atoms with Crippen LogP contribution >= 0.6 is 11.6 Å².